The van der Waals surface area contributed by atoms with Crippen LogP contribution in [-0.4, -0.2) is 43.1 Å². The van der Waals surface area contributed by atoms with Crippen LogP contribution in [0.1, 0.15) is 42.9 Å². The number of rotatable bonds is 5. The van der Waals surface area contributed by atoms with Gasteiger partial charge in [-0.1, -0.05) is 19.1 Å². The Bertz CT molecular complexity index is 1420. The smallest absolute Gasteiger partial charge is 0.416 e. The van der Waals surface area contributed by atoms with Crippen molar-refractivity contribution in [1.82, 2.24) is 10.2 Å². The first kappa shape index (κ1) is 25.3. The number of fused-ring (bicyclic) bond motifs is 1. The van der Waals surface area contributed by atoms with Gasteiger partial charge in [0, 0.05) is 35.5 Å². The maximum Gasteiger partial charge on any atom is 0.416 e. The number of halogens is 3. The highest BCUT2D eigenvalue weighted by molar-refractivity contribution is 7.92. The Morgan fingerprint density at radius 2 is 1.95 bits per heavy atom. The molecule has 3 heterocycles. The molecule has 5 rings (SSSR count). The number of benzene rings is 2. The lowest BCUT2D eigenvalue weighted by molar-refractivity contribution is -0.137. The second kappa shape index (κ2) is 9.18. The summed E-state index contributed by atoms with van der Waals surface area (Å²) in [5, 5.41) is 17.9. The molecule has 2 atom stereocenters. The first-order valence-corrected chi connectivity index (χ1v) is 13.2. The number of nitrogens with one attached hydrogen (secondary N) is 1. The maximum atomic E-state index is 13.6. The Morgan fingerprint density at radius 3 is 2.62 bits per heavy atom. The molecule has 196 valence electrons. The van der Waals surface area contributed by atoms with Gasteiger partial charge in [-0.25, -0.2) is 8.42 Å². The minimum atomic E-state index is -4.54. The molecule has 3 aromatic rings. The van der Waals surface area contributed by atoms with Gasteiger partial charge < -0.3 is 14.7 Å². The topological polar surface area (TPSA) is 105 Å². The summed E-state index contributed by atoms with van der Waals surface area (Å²) in [6, 6.07) is 11.1. The van der Waals surface area contributed by atoms with Crippen molar-refractivity contribution in [3.05, 3.63) is 71.4 Å². The minimum Gasteiger partial charge on any atom is -0.493 e. The molecule has 2 aliphatic heterocycles. The van der Waals surface area contributed by atoms with E-state index in [0.717, 1.165) is 12.1 Å². The Morgan fingerprint density at radius 1 is 1.16 bits per heavy atom. The summed E-state index contributed by atoms with van der Waals surface area (Å²) in [5.74, 6) is 0.383. The molecule has 8 nitrogen and oxygen atoms in total. The summed E-state index contributed by atoms with van der Waals surface area (Å²) in [4.78, 5) is 1.55. The molecule has 2 aromatic carbocycles. The lowest BCUT2D eigenvalue weighted by Gasteiger charge is -2.40. The molecule has 1 unspecified atom stereocenters. The van der Waals surface area contributed by atoms with E-state index < -0.39 is 33.4 Å². The van der Waals surface area contributed by atoms with Gasteiger partial charge in [-0.3, -0.25) is 4.72 Å². The highest BCUT2D eigenvalue weighted by Crippen LogP contribution is 2.49. The quantitative estimate of drug-likeness (QED) is 0.503. The van der Waals surface area contributed by atoms with Gasteiger partial charge in [0.1, 0.15) is 12.0 Å². The number of ether oxygens (including phenoxy) is 1. The molecule has 1 fully saturated rings. The predicted octanol–water partition coefficient (Wildman–Crippen LogP) is 4.30. The van der Waals surface area contributed by atoms with E-state index in [4.69, 9.17) is 4.74 Å². The number of sulfonamides is 1. The van der Waals surface area contributed by atoms with Crippen LogP contribution in [0.25, 0.3) is 0 Å². The van der Waals surface area contributed by atoms with Crippen molar-refractivity contribution in [2.45, 2.75) is 48.9 Å². The number of hydrogen-bond acceptors (Lipinski definition) is 7. The van der Waals surface area contributed by atoms with Gasteiger partial charge in [-0.05, 0) is 55.2 Å². The van der Waals surface area contributed by atoms with Gasteiger partial charge in [0.05, 0.1) is 17.1 Å². The largest absolute Gasteiger partial charge is 0.493 e. The van der Waals surface area contributed by atoms with Crippen LogP contribution in [0.3, 0.4) is 0 Å². The molecular weight excluding hydrogens is 509 g/mol. The van der Waals surface area contributed by atoms with Crippen LogP contribution in [0.15, 0.2) is 59.6 Å². The predicted molar refractivity (Wildman–Crippen MR) is 130 cm³/mol. The second-order valence-corrected chi connectivity index (χ2v) is 11.0. The van der Waals surface area contributed by atoms with Gasteiger partial charge in [0.2, 0.25) is 0 Å². The van der Waals surface area contributed by atoms with Crippen LogP contribution in [0.5, 0.6) is 5.75 Å². The molecule has 0 amide bonds. The summed E-state index contributed by atoms with van der Waals surface area (Å²) in [6.45, 7) is 2.56. The van der Waals surface area contributed by atoms with E-state index in [9.17, 15) is 26.7 Å². The molecule has 0 spiro atoms. The maximum absolute atomic E-state index is 13.6. The summed E-state index contributed by atoms with van der Waals surface area (Å²) in [6.07, 6.45) is -2.43. The average Bonchev–Trinajstić information content (AvgIpc) is 3.29. The fraction of sp³-hybridized carbons (Fsp3) is 0.360. The Labute approximate surface area is 212 Å². The molecular formula is C25H25F3N4O4S. The van der Waals surface area contributed by atoms with Crippen molar-refractivity contribution in [3.8, 4) is 5.75 Å². The van der Waals surface area contributed by atoms with Gasteiger partial charge in [-0.15, -0.1) is 5.10 Å². The number of aromatic nitrogens is 2. The first-order chi connectivity index (χ1) is 17.5. The van der Waals surface area contributed by atoms with E-state index in [1.807, 2.05) is 6.92 Å². The van der Waals surface area contributed by atoms with Gasteiger partial charge >= 0.3 is 6.18 Å². The third-order valence-corrected chi connectivity index (χ3v) is 8.33. The third kappa shape index (κ3) is 4.71. The monoisotopic (exact) mass is 534 g/mol. The lowest BCUT2D eigenvalue weighted by Crippen LogP contribution is -2.36. The molecule has 1 saturated heterocycles. The Kier molecular flexibility index (Phi) is 6.27. The van der Waals surface area contributed by atoms with Crippen molar-refractivity contribution in [1.29, 1.82) is 0 Å². The van der Waals surface area contributed by atoms with Crippen LogP contribution in [0, 0.1) is 0 Å². The molecule has 2 aliphatic rings. The number of hydrogen-bond donors (Lipinski definition) is 2. The molecule has 2 N–H and O–H groups in total. The summed E-state index contributed by atoms with van der Waals surface area (Å²) < 4.78 is 74.9. The van der Waals surface area contributed by atoms with Crippen molar-refractivity contribution in [2.75, 3.05) is 22.8 Å². The van der Waals surface area contributed by atoms with E-state index in [1.54, 1.807) is 17.0 Å². The van der Waals surface area contributed by atoms with Crippen molar-refractivity contribution >= 4 is 21.5 Å². The first-order valence-electron chi connectivity index (χ1n) is 11.7. The van der Waals surface area contributed by atoms with Crippen LogP contribution in [0.2, 0.25) is 0 Å². The van der Waals surface area contributed by atoms with E-state index in [1.165, 1.54) is 30.5 Å². The number of nitrogens with zero attached hydrogens (tertiary/aromatic N) is 3. The van der Waals surface area contributed by atoms with Crippen molar-refractivity contribution in [3.63, 3.8) is 0 Å². The number of alkyl halides is 3. The molecule has 0 saturated carbocycles. The summed E-state index contributed by atoms with van der Waals surface area (Å²) in [7, 11) is -4.00. The molecule has 0 radical (unpaired) electrons. The zero-order chi connectivity index (χ0) is 26.4. The molecule has 12 heteroatoms. The average molecular weight is 535 g/mol. The second-order valence-electron chi connectivity index (χ2n) is 9.35. The zero-order valence-electron chi connectivity index (χ0n) is 19.9. The van der Waals surface area contributed by atoms with Gasteiger partial charge in [0.15, 0.2) is 5.82 Å². The molecule has 0 aliphatic carbocycles. The van der Waals surface area contributed by atoms with E-state index >= 15 is 0 Å². The van der Waals surface area contributed by atoms with Crippen molar-refractivity contribution in [2.24, 2.45) is 0 Å². The SMILES string of the molecule is C[C@@]1(c2ccc(C(F)(F)F)cc2N2CCCC2O)CCOc2cc(S(=O)(=O)Nc3cccnn3)ccc21. The summed E-state index contributed by atoms with van der Waals surface area (Å²) in [5.41, 5.74) is -0.0177. The highest BCUT2D eigenvalue weighted by atomic mass is 32.2. The van der Waals surface area contributed by atoms with E-state index in [0.29, 0.717) is 48.4 Å². The van der Waals surface area contributed by atoms with Crippen LogP contribution in [-0.2, 0) is 21.6 Å². The Balaban J connectivity index is 1.58. The van der Waals surface area contributed by atoms with Crippen LogP contribution >= 0.6 is 0 Å². The lowest BCUT2D eigenvalue weighted by atomic mass is 9.71. The molecule has 1 aromatic heterocycles. The third-order valence-electron chi connectivity index (χ3n) is 6.98. The molecule has 37 heavy (non-hydrogen) atoms. The number of aliphatic hydroxyl groups is 1. The molecule has 0 bridgehead atoms. The standard InChI is InChI=1S/C25H25F3N4O4S/c1-24(18-8-6-16(25(26,27)28)14-20(18)32-12-3-5-23(32)33)10-13-36-21-15-17(7-9-19(21)24)37(34,35)31-22-4-2-11-29-30-22/h2,4,6-9,11,14-15,23,33H,3,5,10,12-13H2,1H3,(H,30,31)/t23?,24-/m0/s1. The normalized spacial score (nSPS) is 21.9. The fourth-order valence-electron chi connectivity index (χ4n) is 5.02. The summed E-state index contributed by atoms with van der Waals surface area (Å²) >= 11 is 0. The zero-order valence-corrected chi connectivity index (χ0v) is 20.7. The van der Waals surface area contributed by atoms with Crippen molar-refractivity contribution < 1.29 is 31.4 Å². The Hall–Kier alpha value is -3.38. The van der Waals surface area contributed by atoms with E-state index in [2.05, 4.69) is 14.9 Å². The van der Waals surface area contributed by atoms with Gasteiger partial charge in [-0.2, -0.15) is 18.3 Å². The van der Waals surface area contributed by atoms with Gasteiger partial charge in [0.25, 0.3) is 10.0 Å². The highest BCUT2D eigenvalue weighted by Gasteiger charge is 2.41. The number of aliphatic hydroxyl groups excluding tert-OH is 1. The van der Waals surface area contributed by atoms with Crippen LogP contribution in [0.4, 0.5) is 24.7 Å². The fourth-order valence-corrected chi connectivity index (χ4v) is 6.03. The number of anilines is 2. The minimum absolute atomic E-state index is 0.0521. The van der Waals surface area contributed by atoms with Crippen LogP contribution < -0.4 is 14.4 Å². The van der Waals surface area contributed by atoms with E-state index in [-0.39, 0.29) is 17.3 Å².